The molecule has 2 heterocycles. The van der Waals surface area contributed by atoms with Crippen molar-refractivity contribution in [2.45, 2.75) is 25.9 Å². The second-order valence-electron chi connectivity index (χ2n) is 5.81. The Morgan fingerprint density at radius 3 is 2.75 bits per heavy atom. The number of halogens is 1. The predicted octanol–water partition coefficient (Wildman–Crippen LogP) is 3.60. The number of fused-ring (bicyclic) bond motifs is 3. The highest BCUT2D eigenvalue weighted by molar-refractivity contribution is 7.12. The third-order valence-corrected chi connectivity index (χ3v) is 5.63. The Morgan fingerprint density at radius 2 is 2.00 bits per heavy atom. The summed E-state index contributed by atoms with van der Waals surface area (Å²) in [6.07, 6.45) is 2.78. The van der Waals surface area contributed by atoms with Gasteiger partial charge in [-0.25, -0.2) is 0 Å². The Morgan fingerprint density at radius 1 is 1.21 bits per heavy atom. The lowest BCUT2D eigenvalue weighted by atomic mass is 10.1. The number of thiophene rings is 1. The molecule has 1 N–H and O–H groups in total. The van der Waals surface area contributed by atoms with Crippen molar-refractivity contribution >= 4 is 22.9 Å². The number of hydrogen-bond donors (Lipinski definition) is 1. The smallest absolute Gasteiger partial charge is 0.271 e. The van der Waals surface area contributed by atoms with Crippen LogP contribution in [0.4, 0.5) is 0 Å². The van der Waals surface area contributed by atoms with E-state index in [0.29, 0.717) is 10.7 Å². The third-order valence-electron chi connectivity index (χ3n) is 4.20. The molecule has 3 aromatic rings. The van der Waals surface area contributed by atoms with Gasteiger partial charge >= 0.3 is 0 Å². The van der Waals surface area contributed by atoms with Crippen molar-refractivity contribution in [3.63, 3.8) is 0 Å². The average molecular weight is 359 g/mol. The van der Waals surface area contributed by atoms with Gasteiger partial charge in [0.25, 0.3) is 5.56 Å². The van der Waals surface area contributed by atoms with Gasteiger partial charge in [-0.15, -0.1) is 11.3 Å². The van der Waals surface area contributed by atoms with Gasteiger partial charge in [0, 0.05) is 26.4 Å². The van der Waals surface area contributed by atoms with Crippen LogP contribution in [-0.2, 0) is 19.4 Å². The molecule has 6 heteroatoms. The number of aliphatic hydroxyl groups is 1. The van der Waals surface area contributed by atoms with E-state index in [1.807, 2.05) is 6.07 Å². The maximum absolute atomic E-state index is 12.5. The first-order valence-corrected chi connectivity index (χ1v) is 8.97. The fraction of sp³-hybridized carbons (Fsp3) is 0.222. The summed E-state index contributed by atoms with van der Waals surface area (Å²) in [6.45, 7) is 0.0316. The minimum Gasteiger partial charge on any atom is -0.391 e. The monoisotopic (exact) mass is 358 g/mol. The van der Waals surface area contributed by atoms with Gasteiger partial charge in [-0.2, -0.15) is 9.78 Å². The molecule has 0 atom stereocenters. The molecule has 0 unspecified atom stereocenters. The Labute approximate surface area is 148 Å². The van der Waals surface area contributed by atoms with Crippen LogP contribution in [0.3, 0.4) is 0 Å². The number of hydrogen-bond acceptors (Lipinski definition) is 4. The molecule has 4 nitrogen and oxygen atoms in total. The minimum absolute atomic E-state index is 0.0316. The van der Waals surface area contributed by atoms with Gasteiger partial charge in [0.1, 0.15) is 0 Å². The second-order valence-corrected chi connectivity index (χ2v) is 7.46. The molecule has 1 aromatic carbocycles. The SMILES string of the molecule is O=c1cc2c(nn1-c1ccc(Cl)cc1)-c1cc(CO)sc1CCC2. The van der Waals surface area contributed by atoms with Crippen molar-refractivity contribution in [1.29, 1.82) is 0 Å². The van der Waals surface area contributed by atoms with E-state index >= 15 is 0 Å². The van der Waals surface area contributed by atoms with Crippen LogP contribution in [0.1, 0.15) is 21.7 Å². The zero-order valence-electron chi connectivity index (χ0n) is 12.8. The van der Waals surface area contributed by atoms with Crippen LogP contribution in [0, 0.1) is 0 Å². The summed E-state index contributed by atoms with van der Waals surface area (Å²) in [7, 11) is 0. The normalized spacial score (nSPS) is 13.2. The van der Waals surface area contributed by atoms with E-state index in [-0.39, 0.29) is 12.2 Å². The molecule has 4 rings (SSSR count). The van der Waals surface area contributed by atoms with Gasteiger partial charge in [0.05, 0.1) is 18.0 Å². The van der Waals surface area contributed by atoms with E-state index in [2.05, 4.69) is 5.10 Å². The molecule has 1 aliphatic carbocycles. The lowest BCUT2D eigenvalue weighted by molar-refractivity contribution is 0.285. The Kier molecular flexibility index (Phi) is 4.00. The van der Waals surface area contributed by atoms with Crippen molar-refractivity contribution < 1.29 is 5.11 Å². The molecular weight excluding hydrogens is 344 g/mol. The first-order valence-electron chi connectivity index (χ1n) is 7.78. The summed E-state index contributed by atoms with van der Waals surface area (Å²) in [6, 6.07) is 10.7. The topological polar surface area (TPSA) is 55.1 Å². The first-order chi connectivity index (χ1) is 11.7. The van der Waals surface area contributed by atoms with Crippen molar-refractivity contribution in [1.82, 2.24) is 9.78 Å². The quantitative estimate of drug-likeness (QED) is 0.761. The van der Waals surface area contributed by atoms with Crippen molar-refractivity contribution in [2.24, 2.45) is 0 Å². The number of aromatic nitrogens is 2. The number of benzene rings is 1. The van der Waals surface area contributed by atoms with Crippen LogP contribution in [-0.4, -0.2) is 14.9 Å². The molecule has 2 aromatic heterocycles. The Balaban J connectivity index is 1.92. The Hall–Kier alpha value is -1.95. The highest BCUT2D eigenvalue weighted by atomic mass is 35.5. The molecule has 0 saturated carbocycles. The highest BCUT2D eigenvalue weighted by Crippen LogP contribution is 2.36. The van der Waals surface area contributed by atoms with Gasteiger partial charge in [-0.05, 0) is 55.2 Å². The summed E-state index contributed by atoms with van der Waals surface area (Å²) in [4.78, 5) is 14.7. The van der Waals surface area contributed by atoms with E-state index in [0.717, 1.165) is 41.0 Å². The van der Waals surface area contributed by atoms with Gasteiger partial charge in [0.15, 0.2) is 0 Å². The fourth-order valence-corrected chi connectivity index (χ4v) is 4.26. The lowest BCUT2D eigenvalue weighted by Gasteiger charge is -2.10. The largest absolute Gasteiger partial charge is 0.391 e. The van der Waals surface area contributed by atoms with E-state index in [9.17, 15) is 9.90 Å². The number of aliphatic hydroxyl groups excluding tert-OH is 1. The van der Waals surface area contributed by atoms with Crippen LogP contribution >= 0.6 is 22.9 Å². The van der Waals surface area contributed by atoms with Crippen molar-refractivity contribution in [2.75, 3.05) is 0 Å². The summed E-state index contributed by atoms with van der Waals surface area (Å²) < 4.78 is 1.42. The van der Waals surface area contributed by atoms with Crippen LogP contribution in [0.5, 0.6) is 0 Å². The summed E-state index contributed by atoms with van der Waals surface area (Å²) in [5, 5.41) is 14.7. The summed E-state index contributed by atoms with van der Waals surface area (Å²) in [5.74, 6) is 0. The van der Waals surface area contributed by atoms with E-state index in [1.54, 1.807) is 41.7 Å². The molecule has 0 saturated heterocycles. The Bertz CT molecular complexity index is 960. The molecule has 0 radical (unpaired) electrons. The first kappa shape index (κ1) is 15.6. The summed E-state index contributed by atoms with van der Waals surface area (Å²) in [5.41, 5.74) is 3.41. The predicted molar refractivity (Wildman–Crippen MR) is 96.1 cm³/mol. The second kappa shape index (κ2) is 6.16. The number of rotatable bonds is 2. The van der Waals surface area contributed by atoms with Crippen LogP contribution < -0.4 is 5.56 Å². The highest BCUT2D eigenvalue weighted by Gasteiger charge is 2.20. The molecule has 122 valence electrons. The molecule has 24 heavy (non-hydrogen) atoms. The van der Waals surface area contributed by atoms with Crippen LogP contribution in [0.25, 0.3) is 16.9 Å². The molecule has 1 aliphatic rings. The zero-order chi connectivity index (χ0) is 16.7. The lowest BCUT2D eigenvalue weighted by Crippen LogP contribution is -2.22. The van der Waals surface area contributed by atoms with E-state index < -0.39 is 0 Å². The minimum atomic E-state index is -0.142. The molecule has 0 fully saturated rings. The molecular formula is C18H15ClN2O2S. The standard InChI is InChI=1S/C18H15ClN2O2S/c19-12-4-6-13(7-5-12)21-17(23)8-11-2-1-3-16-15(18(11)20-21)9-14(10-22)24-16/h4-9,22H,1-3,10H2. The third kappa shape index (κ3) is 2.69. The number of aryl methyl sites for hydroxylation is 2. The van der Waals surface area contributed by atoms with Crippen LogP contribution in [0.15, 0.2) is 41.2 Å². The molecule has 0 bridgehead atoms. The van der Waals surface area contributed by atoms with Crippen LogP contribution in [0.2, 0.25) is 5.02 Å². The van der Waals surface area contributed by atoms with Gasteiger partial charge in [-0.3, -0.25) is 4.79 Å². The maximum atomic E-state index is 12.5. The zero-order valence-corrected chi connectivity index (χ0v) is 14.4. The molecule has 0 spiro atoms. The molecule has 0 aliphatic heterocycles. The maximum Gasteiger partial charge on any atom is 0.271 e. The van der Waals surface area contributed by atoms with Gasteiger partial charge in [-0.1, -0.05) is 11.6 Å². The van der Waals surface area contributed by atoms with Crippen molar-refractivity contribution in [3.8, 4) is 16.9 Å². The summed E-state index contributed by atoms with van der Waals surface area (Å²) >= 11 is 7.56. The fourth-order valence-electron chi connectivity index (χ4n) is 3.06. The average Bonchev–Trinajstić information content (AvgIpc) is 2.92. The number of nitrogens with zero attached hydrogens (tertiary/aromatic N) is 2. The van der Waals surface area contributed by atoms with Gasteiger partial charge < -0.3 is 5.11 Å². The van der Waals surface area contributed by atoms with Gasteiger partial charge in [0.2, 0.25) is 0 Å². The van der Waals surface area contributed by atoms with E-state index in [4.69, 9.17) is 11.6 Å². The van der Waals surface area contributed by atoms with Crippen molar-refractivity contribution in [3.05, 3.63) is 67.1 Å². The van der Waals surface area contributed by atoms with E-state index in [1.165, 1.54) is 9.56 Å². The molecule has 0 amide bonds.